The minimum absolute atomic E-state index is 0.338. The lowest BCUT2D eigenvalue weighted by Gasteiger charge is -2.32. The molecule has 0 radical (unpaired) electrons. The fraction of sp³-hybridized carbons (Fsp3) is 0.500. The van der Waals surface area contributed by atoms with Gasteiger partial charge in [0, 0.05) is 0 Å². The van der Waals surface area contributed by atoms with Crippen molar-refractivity contribution in [3.05, 3.63) is 22.2 Å². The molecule has 0 fully saturated rings. The Labute approximate surface area is 121 Å². The Morgan fingerprint density at radius 1 is 1.42 bits per heavy atom. The lowest BCUT2D eigenvalue weighted by molar-refractivity contribution is 0.0567. The van der Waals surface area contributed by atoms with Crippen LogP contribution in [0.1, 0.15) is 26.3 Å². The lowest BCUT2D eigenvalue weighted by Crippen LogP contribution is -2.41. The monoisotopic (exact) mass is 327 g/mol. The number of carbonyl (C=O) groups excluding carboxylic acids is 1. The molecule has 0 N–H and O–H groups in total. The molecule has 0 saturated carbocycles. The number of halogens is 1. The van der Waals surface area contributed by atoms with Crippen LogP contribution in [-0.4, -0.2) is 24.8 Å². The highest BCUT2D eigenvalue weighted by molar-refractivity contribution is 9.10. The Morgan fingerprint density at radius 2 is 2.11 bits per heavy atom. The highest BCUT2D eigenvalue weighted by Gasteiger charge is 2.29. The number of hydrogen-bond donors (Lipinski definition) is 0. The van der Waals surface area contributed by atoms with Gasteiger partial charge in [-0.2, -0.15) is 0 Å². The number of amides is 1. The van der Waals surface area contributed by atoms with E-state index in [-0.39, 0.29) is 6.09 Å². The van der Waals surface area contributed by atoms with Crippen LogP contribution in [0.2, 0.25) is 0 Å². The molecule has 0 atom stereocenters. The van der Waals surface area contributed by atoms with Crippen LogP contribution >= 0.6 is 15.9 Å². The quantitative estimate of drug-likeness (QED) is 0.725. The van der Waals surface area contributed by atoms with Crippen LogP contribution in [0.3, 0.4) is 0 Å². The summed E-state index contributed by atoms with van der Waals surface area (Å²) in [5.74, 6) is 0.697. The van der Waals surface area contributed by atoms with Gasteiger partial charge >= 0.3 is 6.09 Å². The SMILES string of the molecule is Cc1cc(Br)c2c(c1)N(C(=O)OC(C)(C)C)CCO2. The van der Waals surface area contributed by atoms with E-state index in [2.05, 4.69) is 15.9 Å². The summed E-state index contributed by atoms with van der Waals surface area (Å²) in [6.45, 7) is 8.52. The zero-order valence-corrected chi connectivity index (χ0v) is 13.2. The van der Waals surface area contributed by atoms with Crippen LogP contribution in [0.5, 0.6) is 5.75 Å². The molecule has 1 amide bonds. The molecule has 1 aliphatic heterocycles. The summed E-state index contributed by atoms with van der Waals surface area (Å²) in [5, 5.41) is 0. The fourth-order valence-electron chi connectivity index (χ4n) is 1.92. The molecular formula is C14H18BrNO3. The number of fused-ring (bicyclic) bond motifs is 1. The van der Waals surface area contributed by atoms with E-state index in [9.17, 15) is 4.79 Å². The molecule has 1 heterocycles. The molecule has 2 rings (SSSR count). The second-order valence-corrected chi connectivity index (χ2v) is 6.43. The van der Waals surface area contributed by atoms with E-state index in [4.69, 9.17) is 9.47 Å². The first-order valence-electron chi connectivity index (χ1n) is 6.21. The molecule has 0 aromatic heterocycles. The van der Waals surface area contributed by atoms with Crippen LogP contribution in [0.15, 0.2) is 16.6 Å². The van der Waals surface area contributed by atoms with E-state index in [0.29, 0.717) is 18.9 Å². The molecule has 104 valence electrons. The van der Waals surface area contributed by atoms with Crippen molar-refractivity contribution in [2.75, 3.05) is 18.1 Å². The van der Waals surface area contributed by atoms with Gasteiger partial charge in [-0.05, 0) is 61.3 Å². The fourth-order valence-corrected chi connectivity index (χ4v) is 2.60. The van der Waals surface area contributed by atoms with Gasteiger partial charge in [0.1, 0.15) is 12.2 Å². The lowest BCUT2D eigenvalue weighted by atomic mass is 10.1. The summed E-state index contributed by atoms with van der Waals surface area (Å²) >= 11 is 3.47. The molecular weight excluding hydrogens is 310 g/mol. The number of carbonyl (C=O) groups is 1. The predicted octanol–water partition coefficient (Wildman–Crippen LogP) is 3.89. The third kappa shape index (κ3) is 3.21. The van der Waals surface area contributed by atoms with Gasteiger partial charge in [0.2, 0.25) is 0 Å². The highest BCUT2D eigenvalue weighted by Crippen LogP contribution is 2.39. The molecule has 1 aromatic carbocycles. The zero-order valence-electron chi connectivity index (χ0n) is 11.6. The van der Waals surface area contributed by atoms with Crippen LogP contribution in [-0.2, 0) is 4.74 Å². The number of anilines is 1. The van der Waals surface area contributed by atoms with Crippen molar-refractivity contribution >= 4 is 27.7 Å². The molecule has 0 aliphatic carbocycles. The molecule has 1 aliphatic rings. The topological polar surface area (TPSA) is 38.8 Å². The van der Waals surface area contributed by atoms with E-state index in [0.717, 1.165) is 15.7 Å². The summed E-state index contributed by atoms with van der Waals surface area (Å²) in [7, 11) is 0. The van der Waals surface area contributed by atoms with Gasteiger partial charge in [0.05, 0.1) is 16.7 Å². The Kier molecular flexibility index (Phi) is 3.76. The minimum Gasteiger partial charge on any atom is -0.488 e. The third-order valence-corrected chi connectivity index (χ3v) is 3.22. The van der Waals surface area contributed by atoms with Crippen molar-refractivity contribution in [2.24, 2.45) is 0 Å². The maximum Gasteiger partial charge on any atom is 0.415 e. The van der Waals surface area contributed by atoms with Crippen LogP contribution in [0.4, 0.5) is 10.5 Å². The van der Waals surface area contributed by atoms with Crippen molar-refractivity contribution in [3.8, 4) is 5.75 Å². The number of hydrogen-bond acceptors (Lipinski definition) is 3. The van der Waals surface area contributed by atoms with Gasteiger partial charge < -0.3 is 9.47 Å². The Balaban J connectivity index is 2.34. The van der Waals surface area contributed by atoms with Crippen molar-refractivity contribution < 1.29 is 14.3 Å². The van der Waals surface area contributed by atoms with Gasteiger partial charge in [-0.25, -0.2) is 4.79 Å². The smallest absolute Gasteiger partial charge is 0.415 e. The summed E-state index contributed by atoms with van der Waals surface area (Å²) < 4.78 is 11.9. The normalized spacial score (nSPS) is 14.7. The highest BCUT2D eigenvalue weighted by atomic mass is 79.9. The summed E-state index contributed by atoms with van der Waals surface area (Å²) in [4.78, 5) is 13.9. The molecule has 0 spiro atoms. The van der Waals surface area contributed by atoms with Crippen LogP contribution in [0.25, 0.3) is 0 Å². The molecule has 0 bridgehead atoms. The van der Waals surface area contributed by atoms with Gasteiger partial charge in [0.25, 0.3) is 0 Å². The van der Waals surface area contributed by atoms with E-state index < -0.39 is 5.60 Å². The van der Waals surface area contributed by atoms with E-state index in [1.54, 1.807) is 4.90 Å². The zero-order chi connectivity index (χ0) is 14.2. The summed E-state index contributed by atoms with van der Waals surface area (Å²) in [6, 6.07) is 3.90. The first kappa shape index (κ1) is 14.2. The Hall–Kier alpha value is -1.23. The van der Waals surface area contributed by atoms with Crippen molar-refractivity contribution in [1.29, 1.82) is 0 Å². The first-order chi connectivity index (χ1) is 8.78. The Morgan fingerprint density at radius 3 is 2.74 bits per heavy atom. The van der Waals surface area contributed by atoms with Gasteiger partial charge in [-0.15, -0.1) is 0 Å². The molecule has 4 nitrogen and oxygen atoms in total. The summed E-state index contributed by atoms with van der Waals surface area (Å²) in [5.41, 5.74) is 1.31. The number of aryl methyl sites for hydroxylation is 1. The number of nitrogens with zero attached hydrogens (tertiary/aromatic N) is 1. The number of ether oxygens (including phenoxy) is 2. The molecule has 0 saturated heterocycles. The standard InChI is InChI=1S/C14H18BrNO3/c1-9-7-10(15)12-11(8-9)16(5-6-18-12)13(17)19-14(2,3)4/h7-8H,5-6H2,1-4H3. The second-order valence-electron chi connectivity index (χ2n) is 5.58. The van der Waals surface area contributed by atoms with Crippen molar-refractivity contribution in [1.82, 2.24) is 0 Å². The van der Waals surface area contributed by atoms with Gasteiger partial charge in [-0.1, -0.05) is 0 Å². The van der Waals surface area contributed by atoms with Crippen LogP contribution in [0, 0.1) is 6.92 Å². The molecule has 5 heteroatoms. The second kappa shape index (κ2) is 5.04. The van der Waals surface area contributed by atoms with E-state index in [1.165, 1.54) is 0 Å². The van der Waals surface area contributed by atoms with Gasteiger partial charge in [-0.3, -0.25) is 4.90 Å². The average molecular weight is 328 g/mol. The number of benzene rings is 1. The predicted molar refractivity (Wildman–Crippen MR) is 78.0 cm³/mol. The minimum atomic E-state index is -0.503. The number of rotatable bonds is 0. The van der Waals surface area contributed by atoms with Crippen LogP contribution < -0.4 is 9.64 Å². The van der Waals surface area contributed by atoms with Crippen molar-refractivity contribution in [3.63, 3.8) is 0 Å². The summed E-state index contributed by atoms with van der Waals surface area (Å²) in [6.07, 6.45) is -0.338. The maximum atomic E-state index is 12.2. The third-order valence-electron chi connectivity index (χ3n) is 2.63. The Bertz CT molecular complexity index is 508. The van der Waals surface area contributed by atoms with Crippen molar-refractivity contribution in [2.45, 2.75) is 33.3 Å². The molecule has 1 aromatic rings. The molecule has 19 heavy (non-hydrogen) atoms. The maximum absolute atomic E-state index is 12.2. The largest absolute Gasteiger partial charge is 0.488 e. The van der Waals surface area contributed by atoms with Gasteiger partial charge in [0.15, 0.2) is 5.75 Å². The van der Waals surface area contributed by atoms with E-state index >= 15 is 0 Å². The van der Waals surface area contributed by atoms with E-state index in [1.807, 2.05) is 39.8 Å². The average Bonchev–Trinajstić information content (AvgIpc) is 2.25. The molecule has 0 unspecified atom stereocenters. The first-order valence-corrected chi connectivity index (χ1v) is 7.01.